The number of hydrogen-bond donors (Lipinski definition) is 1. The molecule has 12 nitrogen and oxygen atoms in total. The van der Waals surface area contributed by atoms with Crippen molar-refractivity contribution in [1.82, 2.24) is 28.7 Å². The molecule has 5 rings (SSSR count). The number of fused-ring (bicyclic) bond motifs is 2. The SMILES string of the molecule is CC#CCn1c(N2CCCC(N)C2)nc2c1c(=O)n(Cc1ccc3nccnc3c1)c(=O)n2CC(=O)OC(C)(C)C. The van der Waals surface area contributed by atoms with Gasteiger partial charge in [0.2, 0.25) is 5.95 Å². The summed E-state index contributed by atoms with van der Waals surface area (Å²) >= 11 is 0. The fourth-order valence-electron chi connectivity index (χ4n) is 5.09. The molecule has 214 valence electrons. The highest BCUT2D eigenvalue weighted by molar-refractivity contribution is 5.78. The van der Waals surface area contributed by atoms with Crippen LogP contribution in [0.3, 0.4) is 0 Å². The van der Waals surface area contributed by atoms with Crippen molar-refractivity contribution in [2.45, 2.75) is 71.8 Å². The van der Waals surface area contributed by atoms with Crippen molar-refractivity contribution in [3.8, 4) is 11.8 Å². The second-order valence-electron chi connectivity index (χ2n) is 11.2. The Morgan fingerprint density at radius 3 is 2.59 bits per heavy atom. The highest BCUT2D eigenvalue weighted by Gasteiger charge is 2.28. The molecular weight excluding hydrogens is 524 g/mol. The Morgan fingerprint density at radius 2 is 1.88 bits per heavy atom. The summed E-state index contributed by atoms with van der Waals surface area (Å²) in [5, 5.41) is 0. The van der Waals surface area contributed by atoms with Crippen molar-refractivity contribution in [2.75, 3.05) is 18.0 Å². The van der Waals surface area contributed by atoms with E-state index in [1.165, 1.54) is 4.57 Å². The van der Waals surface area contributed by atoms with Gasteiger partial charge >= 0.3 is 11.7 Å². The second-order valence-corrected chi connectivity index (χ2v) is 11.2. The van der Waals surface area contributed by atoms with Gasteiger partial charge in [-0.2, -0.15) is 4.98 Å². The molecule has 0 bridgehead atoms. The Hall–Kier alpha value is -4.50. The molecular formula is C29H34N8O4. The number of ether oxygens (including phenoxy) is 1. The maximum Gasteiger partial charge on any atom is 0.333 e. The van der Waals surface area contributed by atoms with Crippen molar-refractivity contribution >= 4 is 34.1 Å². The number of imidazole rings is 1. The minimum atomic E-state index is -0.758. The van der Waals surface area contributed by atoms with Crippen LogP contribution in [0.25, 0.3) is 22.2 Å². The van der Waals surface area contributed by atoms with Gasteiger partial charge in [0, 0.05) is 31.5 Å². The van der Waals surface area contributed by atoms with Gasteiger partial charge < -0.3 is 15.4 Å². The number of hydrogen-bond acceptors (Lipinski definition) is 9. The maximum absolute atomic E-state index is 14.1. The Kier molecular flexibility index (Phi) is 7.64. The van der Waals surface area contributed by atoms with E-state index in [4.69, 9.17) is 15.5 Å². The van der Waals surface area contributed by atoms with Gasteiger partial charge in [-0.25, -0.2) is 4.79 Å². The Balaban J connectivity index is 1.72. The van der Waals surface area contributed by atoms with Gasteiger partial charge in [0.25, 0.3) is 5.56 Å². The lowest BCUT2D eigenvalue weighted by atomic mass is 10.1. The van der Waals surface area contributed by atoms with E-state index in [0.717, 1.165) is 17.4 Å². The summed E-state index contributed by atoms with van der Waals surface area (Å²) in [7, 11) is 0. The Labute approximate surface area is 236 Å². The van der Waals surface area contributed by atoms with Gasteiger partial charge in [-0.1, -0.05) is 12.0 Å². The quantitative estimate of drug-likeness (QED) is 0.276. The number of carbonyl (C=O) groups excluding carboxylic acids is 1. The number of anilines is 1. The van der Waals surface area contributed by atoms with Crippen molar-refractivity contribution in [1.29, 1.82) is 0 Å². The number of benzene rings is 1. The summed E-state index contributed by atoms with van der Waals surface area (Å²) in [5.74, 6) is 5.78. The highest BCUT2D eigenvalue weighted by atomic mass is 16.6. The van der Waals surface area contributed by atoms with E-state index >= 15 is 0 Å². The lowest BCUT2D eigenvalue weighted by Crippen LogP contribution is -2.44. The van der Waals surface area contributed by atoms with Crippen LogP contribution >= 0.6 is 0 Å². The summed E-state index contributed by atoms with van der Waals surface area (Å²) in [5.41, 5.74) is 6.63. The molecule has 0 spiro atoms. The van der Waals surface area contributed by atoms with E-state index in [2.05, 4.69) is 21.8 Å². The van der Waals surface area contributed by atoms with E-state index in [1.807, 2.05) is 4.90 Å². The lowest BCUT2D eigenvalue weighted by Gasteiger charge is -2.31. The van der Waals surface area contributed by atoms with Gasteiger partial charge in [0.1, 0.15) is 12.1 Å². The summed E-state index contributed by atoms with van der Waals surface area (Å²) in [6.07, 6.45) is 4.93. The monoisotopic (exact) mass is 558 g/mol. The molecule has 3 aromatic heterocycles. The van der Waals surface area contributed by atoms with Crippen LogP contribution in [0.5, 0.6) is 0 Å². The number of aromatic nitrogens is 6. The zero-order valence-electron chi connectivity index (χ0n) is 23.8. The van der Waals surface area contributed by atoms with Gasteiger partial charge in [0.15, 0.2) is 11.2 Å². The molecule has 41 heavy (non-hydrogen) atoms. The van der Waals surface area contributed by atoms with Crippen LogP contribution in [-0.4, -0.2) is 59.4 Å². The van der Waals surface area contributed by atoms with Gasteiger partial charge in [-0.3, -0.25) is 33.3 Å². The van der Waals surface area contributed by atoms with Crippen LogP contribution < -0.4 is 21.9 Å². The molecule has 1 aliphatic rings. The molecule has 0 aliphatic carbocycles. The largest absolute Gasteiger partial charge is 0.459 e. The highest BCUT2D eigenvalue weighted by Crippen LogP contribution is 2.23. The van der Waals surface area contributed by atoms with Crippen molar-refractivity contribution in [2.24, 2.45) is 5.73 Å². The molecule has 1 saturated heterocycles. The first-order valence-electron chi connectivity index (χ1n) is 13.6. The first kappa shape index (κ1) is 28.0. The van der Waals surface area contributed by atoms with Gasteiger partial charge in [0.05, 0.1) is 24.1 Å². The Morgan fingerprint density at radius 1 is 1.12 bits per heavy atom. The van der Waals surface area contributed by atoms with E-state index < -0.39 is 29.4 Å². The summed E-state index contributed by atoms with van der Waals surface area (Å²) in [4.78, 5) is 56.4. The molecule has 0 radical (unpaired) electrons. The Bertz CT molecular complexity index is 1800. The number of esters is 1. The van der Waals surface area contributed by atoms with Crippen LogP contribution in [0.2, 0.25) is 0 Å². The molecule has 1 aliphatic heterocycles. The average molecular weight is 559 g/mol. The lowest BCUT2D eigenvalue weighted by molar-refractivity contribution is -0.155. The summed E-state index contributed by atoms with van der Waals surface area (Å²) in [6.45, 7) is 7.95. The van der Waals surface area contributed by atoms with E-state index in [-0.39, 0.29) is 30.3 Å². The smallest absolute Gasteiger partial charge is 0.333 e. The predicted molar refractivity (Wildman–Crippen MR) is 156 cm³/mol. The minimum absolute atomic E-state index is 0.0387. The molecule has 1 aromatic carbocycles. The fraction of sp³-hybridized carbons (Fsp3) is 0.448. The summed E-state index contributed by atoms with van der Waals surface area (Å²) in [6, 6.07) is 5.33. The average Bonchev–Trinajstić information content (AvgIpc) is 3.30. The molecule has 1 unspecified atom stereocenters. The molecule has 0 saturated carbocycles. The van der Waals surface area contributed by atoms with Crippen LogP contribution in [0.4, 0.5) is 5.95 Å². The maximum atomic E-state index is 14.1. The third-order valence-corrected chi connectivity index (χ3v) is 6.83. The van der Waals surface area contributed by atoms with E-state index in [9.17, 15) is 14.4 Å². The molecule has 4 aromatic rings. The number of carbonyl (C=O) groups is 1. The van der Waals surface area contributed by atoms with Gasteiger partial charge in [-0.15, -0.1) is 5.92 Å². The zero-order valence-corrected chi connectivity index (χ0v) is 23.8. The van der Waals surface area contributed by atoms with Crippen molar-refractivity contribution in [3.63, 3.8) is 0 Å². The second kappa shape index (κ2) is 11.2. The fourth-order valence-corrected chi connectivity index (χ4v) is 5.09. The third kappa shape index (κ3) is 5.85. The molecule has 1 fully saturated rings. The first-order chi connectivity index (χ1) is 19.6. The number of nitrogens with zero attached hydrogens (tertiary/aromatic N) is 7. The summed E-state index contributed by atoms with van der Waals surface area (Å²) < 4.78 is 9.59. The number of piperidine rings is 1. The van der Waals surface area contributed by atoms with E-state index in [0.29, 0.717) is 35.6 Å². The molecule has 2 N–H and O–H groups in total. The molecule has 12 heteroatoms. The normalized spacial score (nSPS) is 15.6. The van der Waals surface area contributed by atoms with Crippen molar-refractivity contribution in [3.05, 3.63) is 57.0 Å². The number of nitrogens with two attached hydrogens (primary N) is 1. The minimum Gasteiger partial charge on any atom is -0.459 e. The molecule has 4 heterocycles. The van der Waals surface area contributed by atoms with Crippen LogP contribution in [0.15, 0.2) is 40.2 Å². The van der Waals surface area contributed by atoms with Crippen LogP contribution in [0.1, 0.15) is 46.1 Å². The molecule has 1 atom stereocenters. The predicted octanol–water partition coefficient (Wildman–Crippen LogP) is 1.64. The van der Waals surface area contributed by atoms with Gasteiger partial charge in [-0.05, 0) is 58.2 Å². The third-order valence-electron chi connectivity index (χ3n) is 6.83. The molecule has 0 amide bonds. The van der Waals surface area contributed by atoms with E-state index in [1.54, 1.807) is 62.9 Å². The van der Waals surface area contributed by atoms with Crippen LogP contribution in [0, 0.1) is 11.8 Å². The topological polar surface area (TPSA) is 143 Å². The first-order valence-corrected chi connectivity index (χ1v) is 13.6. The number of rotatable bonds is 6. The van der Waals surface area contributed by atoms with Crippen LogP contribution in [-0.2, 0) is 29.2 Å². The van der Waals surface area contributed by atoms with Crippen molar-refractivity contribution < 1.29 is 9.53 Å². The zero-order chi connectivity index (χ0) is 29.3. The standard InChI is InChI=1S/C29H34N8O4/c1-5-6-14-35-24-25(33-27(35)34-13-7-8-20(30)17-34)36(18-23(38)41-29(2,3)4)28(40)37(26(24)39)16-19-9-10-21-22(15-19)32-12-11-31-21/h9-12,15,20H,7-8,13-14,16-18,30H2,1-4H3.